The first kappa shape index (κ1) is 17.3. The molecule has 3 saturated heterocycles. The summed E-state index contributed by atoms with van der Waals surface area (Å²) in [5, 5.41) is 10.3. The Bertz CT molecular complexity index is 762. The lowest BCUT2D eigenvalue weighted by Crippen LogP contribution is -2.77. The molecule has 2 aromatic rings. The number of nitrogens with zero attached hydrogens (tertiary/aromatic N) is 4. The molecule has 0 aliphatic carbocycles. The maximum Gasteiger partial charge on any atom is 0.0682 e. The molecule has 1 spiro atoms. The van der Waals surface area contributed by atoms with Crippen LogP contribution >= 0.6 is 0 Å². The summed E-state index contributed by atoms with van der Waals surface area (Å²) in [4.78, 5) is 12.0. The minimum atomic E-state index is -0.170. The van der Waals surface area contributed by atoms with Crippen molar-refractivity contribution in [1.29, 1.82) is 0 Å². The number of rotatable bonds is 4. The van der Waals surface area contributed by atoms with E-state index in [1.165, 1.54) is 11.1 Å². The Kier molecular flexibility index (Phi) is 4.48. The standard InChI is InChI=1S/C22H28N4O/c27-21-9-20-13-24(11-18-5-2-1-3-6-18)15-22(26(20)14-21)16-25(17-22)12-19-7-4-8-23-10-19/h1-8,10,20-21,27H,9,11-17H2/t20-,21+/m0/s1. The SMILES string of the molecule is O[C@@H]1C[C@H]2CN(Cc3ccccc3)CC3(CN(Cc4cccnc4)C3)N2C1. The fraction of sp³-hybridized carbons (Fsp3) is 0.500. The summed E-state index contributed by atoms with van der Waals surface area (Å²) in [6.07, 6.45) is 4.54. The molecule has 142 valence electrons. The first-order chi connectivity index (χ1) is 13.2. The summed E-state index contributed by atoms with van der Waals surface area (Å²) in [6.45, 7) is 7.13. The highest BCUT2D eigenvalue weighted by Gasteiger charge is 2.55. The zero-order valence-corrected chi connectivity index (χ0v) is 15.7. The maximum absolute atomic E-state index is 10.3. The summed E-state index contributed by atoms with van der Waals surface area (Å²) >= 11 is 0. The molecule has 5 heteroatoms. The van der Waals surface area contributed by atoms with E-state index in [0.29, 0.717) is 6.04 Å². The zero-order valence-electron chi connectivity index (χ0n) is 15.7. The van der Waals surface area contributed by atoms with Gasteiger partial charge in [-0.05, 0) is 23.6 Å². The number of hydrogen-bond donors (Lipinski definition) is 1. The van der Waals surface area contributed by atoms with Crippen molar-refractivity contribution in [2.24, 2.45) is 0 Å². The summed E-state index contributed by atoms with van der Waals surface area (Å²) < 4.78 is 0. The third-order valence-corrected chi connectivity index (χ3v) is 6.40. The molecule has 1 aromatic heterocycles. The van der Waals surface area contributed by atoms with E-state index in [-0.39, 0.29) is 11.6 Å². The van der Waals surface area contributed by atoms with Crippen molar-refractivity contribution in [3.63, 3.8) is 0 Å². The van der Waals surface area contributed by atoms with Crippen LogP contribution in [0.4, 0.5) is 0 Å². The van der Waals surface area contributed by atoms with Gasteiger partial charge in [-0.2, -0.15) is 0 Å². The first-order valence-electron chi connectivity index (χ1n) is 10.0. The molecular weight excluding hydrogens is 336 g/mol. The van der Waals surface area contributed by atoms with E-state index in [1.807, 2.05) is 18.5 Å². The molecule has 5 nitrogen and oxygen atoms in total. The van der Waals surface area contributed by atoms with E-state index < -0.39 is 0 Å². The highest BCUT2D eigenvalue weighted by Crippen LogP contribution is 2.39. The molecule has 1 aromatic carbocycles. The fourth-order valence-corrected chi connectivity index (χ4v) is 5.41. The lowest BCUT2D eigenvalue weighted by Gasteiger charge is -2.61. The number of hydrogen-bond acceptors (Lipinski definition) is 5. The lowest BCUT2D eigenvalue weighted by molar-refractivity contribution is -0.118. The quantitative estimate of drug-likeness (QED) is 0.892. The van der Waals surface area contributed by atoms with E-state index >= 15 is 0 Å². The minimum Gasteiger partial charge on any atom is -0.392 e. The average molecular weight is 364 g/mol. The van der Waals surface area contributed by atoms with Gasteiger partial charge in [0.15, 0.2) is 0 Å². The van der Waals surface area contributed by atoms with Crippen molar-refractivity contribution in [3.8, 4) is 0 Å². The first-order valence-corrected chi connectivity index (χ1v) is 10.0. The van der Waals surface area contributed by atoms with E-state index in [1.54, 1.807) is 0 Å². The van der Waals surface area contributed by atoms with Gasteiger partial charge < -0.3 is 5.11 Å². The van der Waals surface area contributed by atoms with Crippen LogP contribution in [-0.4, -0.2) is 75.2 Å². The van der Waals surface area contributed by atoms with Gasteiger partial charge in [0.25, 0.3) is 0 Å². The summed E-state index contributed by atoms with van der Waals surface area (Å²) in [5.74, 6) is 0. The molecule has 5 rings (SSSR count). The third kappa shape index (κ3) is 3.41. The van der Waals surface area contributed by atoms with Crippen molar-refractivity contribution in [1.82, 2.24) is 19.7 Å². The molecule has 4 heterocycles. The van der Waals surface area contributed by atoms with E-state index in [0.717, 1.165) is 52.2 Å². The zero-order chi connectivity index (χ0) is 18.3. The van der Waals surface area contributed by atoms with Crippen LogP contribution in [0.1, 0.15) is 17.5 Å². The van der Waals surface area contributed by atoms with E-state index in [9.17, 15) is 5.11 Å². The maximum atomic E-state index is 10.3. The smallest absolute Gasteiger partial charge is 0.0682 e. The van der Waals surface area contributed by atoms with Crippen LogP contribution in [0.2, 0.25) is 0 Å². The van der Waals surface area contributed by atoms with Crippen LogP contribution in [0, 0.1) is 0 Å². The van der Waals surface area contributed by atoms with Gasteiger partial charge in [-0.3, -0.25) is 19.7 Å². The van der Waals surface area contributed by atoms with Gasteiger partial charge in [0.2, 0.25) is 0 Å². The number of β-amino-alcohol motifs (C(OH)–C–C–N with tert-alkyl or cyclic N) is 1. The molecule has 1 N–H and O–H groups in total. The van der Waals surface area contributed by atoms with Crippen molar-refractivity contribution in [2.75, 3.05) is 32.7 Å². The number of fused-ring (bicyclic) bond motifs is 2. The predicted octanol–water partition coefficient (Wildman–Crippen LogP) is 1.59. The van der Waals surface area contributed by atoms with Gasteiger partial charge in [-0.1, -0.05) is 36.4 Å². The van der Waals surface area contributed by atoms with Gasteiger partial charge in [0.05, 0.1) is 11.6 Å². The number of pyridine rings is 1. The van der Waals surface area contributed by atoms with E-state index in [2.05, 4.69) is 56.1 Å². The Morgan fingerprint density at radius 1 is 0.926 bits per heavy atom. The molecule has 2 atom stereocenters. The Labute approximate surface area is 161 Å². The van der Waals surface area contributed by atoms with Crippen molar-refractivity contribution < 1.29 is 5.11 Å². The fourth-order valence-electron chi connectivity index (χ4n) is 5.41. The molecule has 27 heavy (non-hydrogen) atoms. The molecule has 0 radical (unpaired) electrons. The number of benzene rings is 1. The highest BCUT2D eigenvalue weighted by atomic mass is 16.3. The number of aliphatic hydroxyl groups excluding tert-OH is 1. The van der Waals surface area contributed by atoms with Gasteiger partial charge >= 0.3 is 0 Å². The van der Waals surface area contributed by atoms with Crippen LogP contribution in [0.25, 0.3) is 0 Å². The van der Waals surface area contributed by atoms with Crippen LogP contribution in [0.5, 0.6) is 0 Å². The summed E-state index contributed by atoms with van der Waals surface area (Å²) in [7, 11) is 0. The second-order valence-corrected chi connectivity index (χ2v) is 8.58. The van der Waals surface area contributed by atoms with Crippen molar-refractivity contribution >= 4 is 0 Å². The Morgan fingerprint density at radius 2 is 1.67 bits per heavy atom. The van der Waals surface area contributed by atoms with Crippen molar-refractivity contribution in [2.45, 2.75) is 37.2 Å². The Morgan fingerprint density at radius 3 is 2.44 bits per heavy atom. The normalized spacial score (nSPS) is 28.2. The second kappa shape index (κ2) is 6.99. The molecule has 3 fully saturated rings. The highest BCUT2D eigenvalue weighted by molar-refractivity contribution is 5.18. The molecular formula is C22H28N4O. The molecule has 3 aliphatic heterocycles. The summed E-state index contributed by atoms with van der Waals surface area (Å²) in [5.41, 5.74) is 2.85. The van der Waals surface area contributed by atoms with E-state index in [4.69, 9.17) is 0 Å². The van der Waals surface area contributed by atoms with Gasteiger partial charge in [0, 0.05) is 64.2 Å². The van der Waals surface area contributed by atoms with Crippen LogP contribution in [0.3, 0.4) is 0 Å². The molecule has 3 aliphatic rings. The lowest BCUT2D eigenvalue weighted by atomic mass is 9.83. The van der Waals surface area contributed by atoms with Crippen LogP contribution in [-0.2, 0) is 13.1 Å². The van der Waals surface area contributed by atoms with Crippen LogP contribution < -0.4 is 0 Å². The van der Waals surface area contributed by atoms with Gasteiger partial charge in [-0.25, -0.2) is 0 Å². The summed E-state index contributed by atoms with van der Waals surface area (Å²) in [6, 6.07) is 15.4. The van der Waals surface area contributed by atoms with Gasteiger partial charge in [-0.15, -0.1) is 0 Å². The molecule has 0 unspecified atom stereocenters. The number of piperazine rings is 1. The number of aliphatic hydroxyl groups is 1. The van der Waals surface area contributed by atoms with Gasteiger partial charge in [0.1, 0.15) is 0 Å². The van der Waals surface area contributed by atoms with Crippen LogP contribution in [0.15, 0.2) is 54.9 Å². The topological polar surface area (TPSA) is 42.8 Å². The average Bonchev–Trinajstić information content (AvgIpc) is 3.03. The Hall–Kier alpha value is -1.79. The molecule has 0 bridgehead atoms. The predicted molar refractivity (Wildman–Crippen MR) is 105 cm³/mol. The third-order valence-electron chi connectivity index (χ3n) is 6.40. The molecule has 0 saturated carbocycles. The monoisotopic (exact) mass is 364 g/mol. The molecule has 0 amide bonds. The largest absolute Gasteiger partial charge is 0.392 e. The Balaban J connectivity index is 1.30. The number of aromatic nitrogens is 1. The number of likely N-dealkylation sites (tertiary alicyclic amines) is 1. The minimum absolute atomic E-state index is 0.170. The van der Waals surface area contributed by atoms with Crippen molar-refractivity contribution in [3.05, 3.63) is 66.0 Å². The second-order valence-electron chi connectivity index (χ2n) is 8.58.